The maximum atomic E-state index is 13.6. The molecule has 0 saturated heterocycles. The molecule has 0 aliphatic heterocycles. The number of amides is 1. The molecule has 1 rings (SSSR count). The van der Waals surface area contributed by atoms with Gasteiger partial charge >= 0.3 is 0 Å². The maximum Gasteiger partial charge on any atom is 0.260 e. The molecule has 0 radical (unpaired) electrons. The summed E-state index contributed by atoms with van der Waals surface area (Å²) >= 11 is 2.92. The molecule has 19 heavy (non-hydrogen) atoms. The molecule has 1 aromatic rings. The Bertz CT molecular complexity index is 500. The van der Waals surface area contributed by atoms with Gasteiger partial charge in [0.2, 0.25) is 0 Å². The number of rotatable bonds is 4. The third kappa shape index (κ3) is 3.63. The van der Waals surface area contributed by atoms with Gasteiger partial charge in [0.1, 0.15) is 17.2 Å². The Balaban J connectivity index is 3.11. The lowest BCUT2D eigenvalue weighted by molar-refractivity contribution is 0.0776. The largest absolute Gasteiger partial charge is 0.409 e. The van der Waals surface area contributed by atoms with E-state index in [-0.39, 0.29) is 23.4 Å². The number of hydrogen-bond acceptors (Lipinski definition) is 3. The van der Waals surface area contributed by atoms with Crippen LogP contribution in [-0.2, 0) is 0 Å². The van der Waals surface area contributed by atoms with Crippen LogP contribution >= 0.6 is 15.9 Å². The van der Waals surface area contributed by atoms with Crippen molar-refractivity contribution in [3.8, 4) is 0 Å². The molecular formula is C11H12BrF2N3O2. The van der Waals surface area contributed by atoms with Crippen LogP contribution in [0.3, 0.4) is 0 Å². The zero-order valence-electron chi connectivity index (χ0n) is 10.0. The predicted octanol–water partition coefficient (Wildman–Crippen LogP) is 1.94. The number of halogens is 3. The Morgan fingerprint density at radius 3 is 2.42 bits per heavy atom. The predicted molar refractivity (Wildman–Crippen MR) is 69.0 cm³/mol. The lowest BCUT2D eigenvalue weighted by atomic mass is 10.1. The minimum Gasteiger partial charge on any atom is -0.409 e. The Labute approximate surface area is 116 Å². The summed E-state index contributed by atoms with van der Waals surface area (Å²) in [5.74, 6) is -3.05. The molecule has 0 aliphatic rings. The summed E-state index contributed by atoms with van der Waals surface area (Å²) in [6.07, 6.45) is 0. The first kappa shape index (κ1) is 15.4. The van der Waals surface area contributed by atoms with Gasteiger partial charge in [-0.15, -0.1) is 0 Å². The van der Waals surface area contributed by atoms with Crippen LogP contribution in [0.4, 0.5) is 8.78 Å². The van der Waals surface area contributed by atoms with Crippen LogP contribution in [-0.4, -0.2) is 34.9 Å². The minimum absolute atomic E-state index is 0.157. The highest BCUT2D eigenvalue weighted by molar-refractivity contribution is 9.10. The number of carbonyl (C=O) groups is 1. The Morgan fingerprint density at radius 1 is 1.47 bits per heavy atom. The van der Waals surface area contributed by atoms with Crippen LogP contribution in [0.25, 0.3) is 0 Å². The molecule has 1 amide bonds. The SMILES string of the molecule is CCN(CC(N)=NO)C(=O)c1c(F)cc(Br)cc1F. The number of hydrogen-bond donors (Lipinski definition) is 2. The lowest BCUT2D eigenvalue weighted by Crippen LogP contribution is -2.39. The van der Waals surface area contributed by atoms with E-state index in [1.54, 1.807) is 6.92 Å². The smallest absolute Gasteiger partial charge is 0.260 e. The zero-order chi connectivity index (χ0) is 14.6. The number of nitrogens with two attached hydrogens (primary N) is 1. The van der Waals surface area contributed by atoms with Gasteiger partial charge in [0.05, 0.1) is 6.54 Å². The van der Waals surface area contributed by atoms with Crippen molar-refractivity contribution in [2.75, 3.05) is 13.1 Å². The number of carbonyl (C=O) groups excluding carboxylic acids is 1. The van der Waals surface area contributed by atoms with Crippen LogP contribution in [0, 0.1) is 11.6 Å². The third-order valence-electron chi connectivity index (χ3n) is 2.37. The van der Waals surface area contributed by atoms with E-state index in [4.69, 9.17) is 10.9 Å². The quantitative estimate of drug-likeness (QED) is 0.382. The first-order valence-electron chi connectivity index (χ1n) is 5.30. The van der Waals surface area contributed by atoms with Crippen molar-refractivity contribution >= 4 is 27.7 Å². The summed E-state index contributed by atoms with van der Waals surface area (Å²) in [5.41, 5.74) is 4.61. The van der Waals surface area contributed by atoms with E-state index in [1.165, 1.54) is 0 Å². The van der Waals surface area contributed by atoms with Gasteiger partial charge in [-0.2, -0.15) is 0 Å². The fourth-order valence-electron chi connectivity index (χ4n) is 1.46. The maximum absolute atomic E-state index is 13.6. The summed E-state index contributed by atoms with van der Waals surface area (Å²) < 4.78 is 27.5. The number of benzene rings is 1. The summed E-state index contributed by atoms with van der Waals surface area (Å²) in [4.78, 5) is 13.1. The van der Waals surface area contributed by atoms with E-state index >= 15 is 0 Å². The Morgan fingerprint density at radius 2 is 2.00 bits per heavy atom. The Kier molecular flexibility index (Phi) is 5.22. The van der Waals surface area contributed by atoms with E-state index in [0.717, 1.165) is 17.0 Å². The molecule has 0 heterocycles. The molecule has 0 bridgehead atoms. The summed E-state index contributed by atoms with van der Waals surface area (Å²) in [5, 5.41) is 11.2. The van der Waals surface area contributed by atoms with Crippen LogP contribution in [0.2, 0.25) is 0 Å². The molecule has 3 N–H and O–H groups in total. The fourth-order valence-corrected chi connectivity index (χ4v) is 1.86. The normalized spacial score (nSPS) is 11.5. The number of amidine groups is 1. The highest BCUT2D eigenvalue weighted by Crippen LogP contribution is 2.20. The molecular weight excluding hydrogens is 324 g/mol. The standard InChI is InChI=1S/C11H12BrF2N3O2/c1-2-17(5-9(15)16-19)11(18)10-7(13)3-6(12)4-8(10)14/h3-4,19H,2,5H2,1H3,(H2,15,16). The average Bonchev–Trinajstić information content (AvgIpc) is 2.33. The molecule has 104 valence electrons. The van der Waals surface area contributed by atoms with E-state index in [2.05, 4.69) is 21.1 Å². The van der Waals surface area contributed by atoms with Crippen molar-refractivity contribution in [2.24, 2.45) is 10.9 Å². The van der Waals surface area contributed by atoms with Crippen molar-refractivity contribution in [2.45, 2.75) is 6.92 Å². The van der Waals surface area contributed by atoms with Crippen LogP contribution in [0.15, 0.2) is 21.8 Å². The highest BCUT2D eigenvalue weighted by atomic mass is 79.9. The van der Waals surface area contributed by atoms with Crippen molar-refractivity contribution < 1.29 is 18.8 Å². The summed E-state index contributed by atoms with van der Waals surface area (Å²) in [7, 11) is 0. The molecule has 0 aliphatic carbocycles. The average molecular weight is 336 g/mol. The first-order chi connectivity index (χ1) is 8.90. The van der Waals surface area contributed by atoms with Gasteiger partial charge in [-0.3, -0.25) is 4.79 Å². The second-order valence-corrected chi connectivity index (χ2v) is 4.57. The van der Waals surface area contributed by atoms with Gasteiger partial charge in [0.15, 0.2) is 5.84 Å². The van der Waals surface area contributed by atoms with E-state index in [0.29, 0.717) is 0 Å². The van der Waals surface area contributed by atoms with Gasteiger partial charge in [-0.1, -0.05) is 21.1 Å². The van der Waals surface area contributed by atoms with Crippen molar-refractivity contribution in [3.63, 3.8) is 0 Å². The summed E-state index contributed by atoms with van der Waals surface area (Å²) in [6.45, 7) is 1.54. The second kappa shape index (κ2) is 6.46. The third-order valence-corrected chi connectivity index (χ3v) is 2.83. The van der Waals surface area contributed by atoms with Gasteiger partial charge in [-0.05, 0) is 19.1 Å². The minimum atomic E-state index is -0.977. The molecule has 0 atom stereocenters. The van der Waals surface area contributed by atoms with E-state index in [9.17, 15) is 13.6 Å². The monoisotopic (exact) mass is 335 g/mol. The second-order valence-electron chi connectivity index (χ2n) is 3.66. The number of likely N-dealkylation sites (N-methyl/N-ethyl adjacent to an activating group) is 1. The Hall–Kier alpha value is -1.70. The number of oxime groups is 1. The number of nitrogens with zero attached hydrogens (tertiary/aromatic N) is 2. The molecule has 0 spiro atoms. The first-order valence-corrected chi connectivity index (χ1v) is 6.10. The highest BCUT2D eigenvalue weighted by Gasteiger charge is 2.23. The van der Waals surface area contributed by atoms with Crippen LogP contribution < -0.4 is 5.73 Å². The van der Waals surface area contributed by atoms with Crippen molar-refractivity contribution in [1.82, 2.24) is 4.90 Å². The van der Waals surface area contributed by atoms with Gasteiger partial charge in [-0.25, -0.2) is 8.78 Å². The molecule has 0 aromatic heterocycles. The molecule has 8 heteroatoms. The molecule has 0 fully saturated rings. The van der Waals surface area contributed by atoms with Crippen LogP contribution in [0.5, 0.6) is 0 Å². The zero-order valence-corrected chi connectivity index (χ0v) is 11.6. The van der Waals surface area contributed by atoms with E-state index in [1.807, 2.05) is 0 Å². The molecule has 0 unspecified atom stereocenters. The van der Waals surface area contributed by atoms with Crippen molar-refractivity contribution in [1.29, 1.82) is 0 Å². The van der Waals surface area contributed by atoms with E-state index < -0.39 is 23.1 Å². The lowest BCUT2D eigenvalue weighted by Gasteiger charge is -2.20. The summed E-state index contributed by atoms with van der Waals surface area (Å²) in [6, 6.07) is 1.99. The fraction of sp³-hybridized carbons (Fsp3) is 0.273. The topological polar surface area (TPSA) is 78.9 Å². The molecule has 5 nitrogen and oxygen atoms in total. The van der Waals surface area contributed by atoms with Crippen LogP contribution in [0.1, 0.15) is 17.3 Å². The van der Waals surface area contributed by atoms with Crippen molar-refractivity contribution in [3.05, 3.63) is 33.8 Å². The van der Waals surface area contributed by atoms with Gasteiger partial charge in [0.25, 0.3) is 5.91 Å². The molecule has 0 saturated carbocycles. The molecule has 1 aromatic carbocycles. The van der Waals surface area contributed by atoms with Gasteiger partial charge in [0, 0.05) is 11.0 Å². The van der Waals surface area contributed by atoms with Gasteiger partial charge < -0.3 is 15.8 Å².